The van der Waals surface area contributed by atoms with Gasteiger partial charge in [-0.05, 0) is 53.4 Å². The van der Waals surface area contributed by atoms with Gasteiger partial charge in [0.25, 0.3) is 0 Å². The molecular formula is C24H37NO2. The zero-order chi connectivity index (χ0) is 20.3. The van der Waals surface area contributed by atoms with Crippen LogP contribution in [0, 0.1) is 0 Å². The third-order valence-corrected chi connectivity index (χ3v) is 5.56. The summed E-state index contributed by atoms with van der Waals surface area (Å²) in [5, 5.41) is 3.03. The van der Waals surface area contributed by atoms with Crippen molar-refractivity contribution in [2.24, 2.45) is 0 Å². The molecule has 2 rings (SSSR count). The number of nitrogens with one attached hydrogen (secondary N) is 1. The van der Waals surface area contributed by atoms with Crippen LogP contribution >= 0.6 is 0 Å². The van der Waals surface area contributed by atoms with Crippen LogP contribution in [0.1, 0.15) is 107 Å². The molecule has 0 bridgehead atoms. The molecule has 1 saturated heterocycles. The van der Waals surface area contributed by atoms with E-state index >= 15 is 0 Å². The summed E-state index contributed by atoms with van der Waals surface area (Å²) in [6, 6.07) is 4.74. The molecule has 0 saturated carbocycles. The van der Waals surface area contributed by atoms with Crippen LogP contribution in [-0.2, 0) is 9.53 Å². The fraction of sp³-hybridized carbons (Fsp3) is 0.625. The van der Waals surface area contributed by atoms with Crippen LogP contribution in [0.3, 0.4) is 0 Å². The molecule has 0 spiro atoms. The SMILES string of the molecule is C=CC[C@@H]1NC(=O)C[C@@H]1O[C@H](C)c1c(C(C)C)cc(C(C)C)cc1C(C)C. The standard InChI is InChI=1S/C24H37NO2/c1-9-10-21-22(13-23(26)25-21)27-17(8)24-19(15(4)5)11-18(14(2)3)12-20(24)16(6)7/h9,11-12,14-17,21-22H,1,10,13H2,2-8H3,(H,25,26)/t17-,21+,22+/m1/s1. The lowest BCUT2D eigenvalue weighted by atomic mass is 9.82. The second kappa shape index (κ2) is 9.05. The van der Waals surface area contributed by atoms with Gasteiger partial charge in [0.15, 0.2) is 0 Å². The van der Waals surface area contributed by atoms with Crippen LogP contribution in [0.25, 0.3) is 0 Å². The van der Waals surface area contributed by atoms with Gasteiger partial charge >= 0.3 is 0 Å². The number of carbonyl (C=O) groups is 1. The molecule has 0 aliphatic carbocycles. The van der Waals surface area contributed by atoms with E-state index in [0.717, 1.165) is 6.42 Å². The minimum Gasteiger partial charge on any atom is -0.368 e. The Kier molecular flexibility index (Phi) is 7.27. The van der Waals surface area contributed by atoms with Crippen LogP contribution in [-0.4, -0.2) is 18.1 Å². The predicted molar refractivity (Wildman–Crippen MR) is 113 cm³/mol. The van der Waals surface area contributed by atoms with Crippen molar-refractivity contribution in [1.29, 1.82) is 0 Å². The highest BCUT2D eigenvalue weighted by atomic mass is 16.5. The smallest absolute Gasteiger partial charge is 0.223 e. The second-order valence-corrected chi connectivity index (χ2v) is 8.80. The van der Waals surface area contributed by atoms with E-state index in [1.54, 1.807) is 0 Å². The lowest BCUT2D eigenvalue weighted by molar-refractivity contribution is -0.120. The Labute approximate surface area is 165 Å². The number of carbonyl (C=O) groups excluding carboxylic acids is 1. The lowest BCUT2D eigenvalue weighted by Gasteiger charge is -2.29. The summed E-state index contributed by atoms with van der Waals surface area (Å²) in [7, 11) is 0. The van der Waals surface area contributed by atoms with Crippen molar-refractivity contribution in [2.75, 3.05) is 0 Å². The zero-order valence-electron chi connectivity index (χ0n) is 18.1. The summed E-state index contributed by atoms with van der Waals surface area (Å²) >= 11 is 0. The molecule has 1 aliphatic rings. The summed E-state index contributed by atoms with van der Waals surface area (Å²) in [6.07, 6.45) is 2.87. The minimum atomic E-state index is -0.102. The Morgan fingerprint density at radius 1 is 1.07 bits per heavy atom. The van der Waals surface area contributed by atoms with Gasteiger partial charge in [0.1, 0.15) is 0 Å². The first kappa shape index (κ1) is 21.7. The Balaban J connectivity index is 2.42. The number of ether oxygens (including phenoxy) is 1. The van der Waals surface area contributed by atoms with Crippen molar-refractivity contribution < 1.29 is 9.53 Å². The number of hydrogen-bond donors (Lipinski definition) is 1. The molecule has 1 amide bonds. The molecule has 3 heteroatoms. The molecular weight excluding hydrogens is 334 g/mol. The van der Waals surface area contributed by atoms with Gasteiger partial charge in [0.05, 0.1) is 24.7 Å². The molecule has 0 radical (unpaired) electrons. The Morgan fingerprint density at radius 2 is 1.63 bits per heavy atom. The summed E-state index contributed by atoms with van der Waals surface area (Å²) in [5.41, 5.74) is 5.44. The monoisotopic (exact) mass is 371 g/mol. The van der Waals surface area contributed by atoms with E-state index in [9.17, 15) is 4.79 Å². The third-order valence-electron chi connectivity index (χ3n) is 5.56. The average Bonchev–Trinajstić information content (AvgIpc) is 2.92. The van der Waals surface area contributed by atoms with Crippen LogP contribution in [0.5, 0.6) is 0 Å². The summed E-state index contributed by atoms with van der Waals surface area (Å²) in [4.78, 5) is 11.9. The molecule has 1 heterocycles. The predicted octanol–water partition coefficient (Wildman–Crippen LogP) is 5.97. The van der Waals surface area contributed by atoms with Crippen LogP contribution in [0.4, 0.5) is 0 Å². The highest BCUT2D eigenvalue weighted by Gasteiger charge is 2.34. The first-order valence-electron chi connectivity index (χ1n) is 10.4. The maximum absolute atomic E-state index is 11.9. The highest BCUT2D eigenvalue weighted by molar-refractivity contribution is 5.79. The minimum absolute atomic E-state index is 0.0254. The van der Waals surface area contributed by atoms with Gasteiger partial charge in [-0.15, -0.1) is 6.58 Å². The van der Waals surface area contributed by atoms with Crippen molar-refractivity contribution in [3.05, 3.63) is 47.0 Å². The van der Waals surface area contributed by atoms with Gasteiger partial charge in [-0.3, -0.25) is 4.79 Å². The second-order valence-electron chi connectivity index (χ2n) is 8.80. The summed E-state index contributed by atoms with van der Waals surface area (Å²) < 4.78 is 6.48. The molecule has 150 valence electrons. The van der Waals surface area contributed by atoms with E-state index in [1.807, 2.05) is 6.08 Å². The number of hydrogen-bond acceptors (Lipinski definition) is 2. The molecule has 1 aliphatic heterocycles. The molecule has 1 aromatic carbocycles. The molecule has 27 heavy (non-hydrogen) atoms. The van der Waals surface area contributed by atoms with Gasteiger partial charge < -0.3 is 10.1 Å². The van der Waals surface area contributed by atoms with E-state index < -0.39 is 0 Å². The molecule has 0 unspecified atom stereocenters. The number of benzene rings is 1. The largest absolute Gasteiger partial charge is 0.368 e. The van der Waals surface area contributed by atoms with Crippen LogP contribution in [0.2, 0.25) is 0 Å². The van der Waals surface area contributed by atoms with Crippen LogP contribution in [0.15, 0.2) is 24.8 Å². The molecule has 0 aromatic heterocycles. The van der Waals surface area contributed by atoms with E-state index in [0.29, 0.717) is 24.2 Å². The van der Waals surface area contributed by atoms with Gasteiger partial charge in [-0.25, -0.2) is 0 Å². The van der Waals surface area contributed by atoms with E-state index in [-0.39, 0.29) is 24.2 Å². The maximum Gasteiger partial charge on any atom is 0.223 e. The van der Waals surface area contributed by atoms with Gasteiger partial charge in [-0.2, -0.15) is 0 Å². The van der Waals surface area contributed by atoms with Gasteiger partial charge in [-0.1, -0.05) is 59.8 Å². The van der Waals surface area contributed by atoms with Crippen LogP contribution < -0.4 is 5.32 Å². The first-order valence-corrected chi connectivity index (χ1v) is 10.4. The van der Waals surface area contributed by atoms with Gasteiger partial charge in [0, 0.05) is 0 Å². The summed E-state index contributed by atoms with van der Waals surface area (Å²) in [5.74, 6) is 1.42. The van der Waals surface area contributed by atoms with E-state index in [4.69, 9.17) is 4.74 Å². The molecule has 3 nitrogen and oxygen atoms in total. The zero-order valence-corrected chi connectivity index (χ0v) is 18.1. The molecule has 1 fully saturated rings. The molecule has 1 aromatic rings. The van der Waals surface area contributed by atoms with Crippen molar-refractivity contribution in [2.45, 2.75) is 97.3 Å². The Bertz CT molecular complexity index is 646. The first-order chi connectivity index (χ1) is 12.6. The highest BCUT2D eigenvalue weighted by Crippen LogP contribution is 2.38. The lowest BCUT2D eigenvalue weighted by Crippen LogP contribution is -2.33. The fourth-order valence-corrected chi connectivity index (χ4v) is 4.03. The van der Waals surface area contributed by atoms with Crippen molar-refractivity contribution in [1.82, 2.24) is 5.32 Å². The van der Waals surface area contributed by atoms with E-state index in [2.05, 4.69) is 72.5 Å². The number of rotatable bonds is 8. The molecule has 3 atom stereocenters. The number of amides is 1. The normalized spacial score (nSPS) is 21.2. The van der Waals surface area contributed by atoms with E-state index in [1.165, 1.54) is 22.3 Å². The summed E-state index contributed by atoms with van der Waals surface area (Å²) in [6.45, 7) is 19.5. The topological polar surface area (TPSA) is 38.3 Å². The third kappa shape index (κ3) is 5.01. The Hall–Kier alpha value is -1.61. The average molecular weight is 372 g/mol. The van der Waals surface area contributed by atoms with Gasteiger partial charge in [0.2, 0.25) is 5.91 Å². The Morgan fingerprint density at radius 3 is 2.07 bits per heavy atom. The molecule has 1 N–H and O–H groups in total. The fourth-order valence-electron chi connectivity index (χ4n) is 4.03. The van der Waals surface area contributed by atoms with Crippen molar-refractivity contribution in [3.8, 4) is 0 Å². The van der Waals surface area contributed by atoms with Crippen molar-refractivity contribution in [3.63, 3.8) is 0 Å². The van der Waals surface area contributed by atoms with Crippen molar-refractivity contribution >= 4 is 5.91 Å². The quantitative estimate of drug-likeness (QED) is 0.572. The maximum atomic E-state index is 11.9.